The van der Waals surface area contributed by atoms with Crippen molar-refractivity contribution in [3.63, 3.8) is 0 Å². The maximum Gasteiger partial charge on any atom is 0.407 e. The molecule has 1 unspecified atom stereocenters. The minimum Gasteiger partial charge on any atom is -0.490 e. The maximum absolute atomic E-state index is 14.9. The minimum atomic E-state index is -4.81. The van der Waals surface area contributed by atoms with E-state index in [-0.39, 0.29) is 17.0 Å². The number of alkyl halides is 4. The summed E-state index contributed by atoms with van der Waals surface area (Å²) >= 11 is 0. The first-order valence-electron chi connectivity index (χ1n) is 15.8. The lowest BCUT2D eigenvalue weighted by Gasteiger charge is -2.31. The fraction of sp³-hybridized carbons (Fsp3) is 0.457. The van der Waals surface area contributed by atoms with Crippen molar-refractivity contribution in [2.75, 3.05) is 31.3 Å². The van der Waals surface area contributed by atoms with Crippen LogP contribution in [0.4, 0.5) is 23.2 Å². The summed E-state index contributed by atoms with van der Waals surface area (Å²) in [4.78, 5) is 13.6. The van der Waals surface area contributed by atoms with Gasteiger partial charge in [0.15, 0.2) is 21.3 Å². The maximum atomic E-state index is 14.9. The first kappa shape index (κ1) is 38.6. The van der Waals surface area contributed by atoms with Crippen LogP contribution in [0, 0.1) is 0 Å². The second-order valence-electron chi connectivity index (χ2n) is 12.1. The third-order valence-corrected chi connectivity index (χ3v) is 8.62. The van der Waals surface area contributed by atoms with Crippen LogP contribution in [0.5, 0.6) is 11.5 Å². The molecule has 3 rings (SSSR count). The molecule has 0 saturated carbocycles. The lowest BCUT2D eigenvalue weighted by molar-refractivity contribution is -0.161. The normalized spacial score (nSPS) is 14.1. The second kappa shape index (κ2) is 16.5. The molecule has 0 heterocycles. The van der Waals surface area contributed by atoms with E-state index in [0.29, 0.717) is 47.9 Å². The summed E-state index contributed by atoms with van der Waals surface area (Å²) in [5.74, 6) is 0.380. The van der Waals surface area contributed by atoms with Crippen LogP contribution in [-0.2, 0) is 14.6 Å². The Morgan fingerprint density at radius 1 is 0.833 bits per heavy atom. The highest BCUT2D eigenvalue weighted by Gasteiger charge is 2.44. The van der Waals surface area contributed by atoms with E-state index in [1.54, 1.807) is 30.3 Å². The third kappa shape index (κ3) is 11.4. The quantitative estimate of drug-likeness (QED) is 0.128. The van der Waals surface area contributed by atoms with Crippen LogP contribution >= 0.6 is 0 Å². The Morgan fingerprint density at radius 3 is 1.90 bits per heavy atom. The number of benzene rings is 3. The molecule has 8 nitrogen and oxygen atoms in total. The Morgan fingerprint density at radius 2 is 1.40 bits per heavy atom. The highest BCUT2D eigenvalue weighted by Crippen LogP contribution is 2.35. The molecule has 0 aromatic heterocycles. The largest absolute Gasteiger partial charge is 0.490 e. The van der Waals surface area contributed by atoms with Crippen LogP contribution in [0.25, 0.3) is 11.1 Å². The standard InChI is InChI=1S/C35H45F4N3O5S/c1-7-26(22-40-27-16-19-30(46-8-2)31(20-27)47-9-3)41-33(43)29(21-34(4,5)36)42-32(35(37,38)39)25-12-10-23(11-13-25)24-14-17-28(18-15-24)48(6,44)45/h10-20,26,29,32,40,42H,7-9,21-22H2,1-6H3,(H,41,43)/t26-,29?,32-/m0/s1. The van der Waals surface area contributed by atoms with Crippen molar-refractivity contribution in [2.24, 2.45) is 0 Å². The number of anilines is 1. The molecule has 13 heteroatoms. The van der Waals surface area contributed by atoms with E-state index in [2.05, 4.69) is 16.0 Å². The number of carbonyl (C=O) groups excluding carboxylic acids is 1. The van der Waals surface area contributed by atoms with E-state index in [1.807, 2.05) is 20.8 Å². The molecular formula is C35H45F4N3O5S. The van der Waals surface area contributed by atoms with Crippen LogP contribution in [0.1, 0.15) is 59.1 Å². The average molecular weight is 696 g/mol. The summed E-state index contributed by atoms with van der Waals surface area (Å²) < 4.78 is 93.1. The van der Waals surface area contributed by atoms with Gasteiger partial charge in [0.2, 0.25) is 5.91 Å². The summed E-state index contributed by atoms with van der Waals surface area (Å²) in [6, 6.07) is 12.6. The summed E-state index contributed by atoms with van der Waals surface area (Å²) in [5, 5.41) is 8.41. The molecule has 3 aromatic carbocycles. The van der Waals surface area contributed by atoms with Gasteiger partial charge in [-0.2, -0.15) is 13.2 Å². The van der Waals surface area contributed by atoms with Gasteiger partial charge in [0.1, 0.15) is 11.7 Å². The van der Waals surface area contributed by atoms with Crippen molar-refractivity contribution in [1.29, 1.82) is 0 Å². The molecule has 0 bridgehead atoms. The van der Waals surface area contributed by atoms with Crippen molar-refractivity contribution in [3.8, 4) is 22.6 Å². The molecule has 0 spiro atoms. The van der Waals surface area contributed by atoms with Crippen molar-refractivity contribution < 1.29 is 40.2 Å². The van der Waals surface area contributed by atoms with Gasteiger partial charge in [-0.15, -0.1) is 0 Å². The summed E-state index contributed by atoms with van der Waals surface area (Å²) in [5.41, 5.74) is -0.243. The highest BCUT2D eigenvalue weighted by molar-refractivity contribution is 7.90. The topological polar surface area (TPSA) is 106 Å². The SMILES string of the molecule is CCOc1ccc(NC[C@H](CC)NC(=O)C(CC(C)(C)F)N[C@@H](c2ccc(-c3ccc(S(C)(=O)=O)cc3)cc2)C(F)(F)F)cc1OCC. The van der Waals surface area contributed by atoms with Gasteiger partial charge >= 0.3 is 6.18 Å². The van der Waals surface area contributed by atoms with Crippen LogP contribution in [0.15, 0.2) is 71.6 Å². The number of halogens is 4. The molecule has 0 aliphatic rings. The molecule has 3 aromatic rings. The number of rotatable bonds is 17. The Hall–Kier alpha value is -3.84. The van der Waals surface area contributed by atoms with E-state index in [4.69, 9.17) is 9.47 Å². The number of sulfone groups is 1. The van der Waals surface area contributed by atoms with Crippen molar-refractivity contribution >= 4 is 21.4 Å². The fourth-order valence-corrected chi connectivity index (χ4v) is 5.69. The first-order chi connectivity index (χ1) is 22.4. The smallest absolute Gasteiger partial charge is 0.407 e. The fourth-order valence-electron chi connectivity index (χ4n) is 5.06. The van der Waals surface area contributed by atoms with E-state index in [1.165, 1.54) is 50.2 Å². The van der Waals surface area contributed by atoms with E-state index < -0.39 is 52.1 Å². The molecule has 264 valence electrons. The number of amides is 1. The molecule has 3 atom stereocenters. The first-order valence-corrected chi connectivity index (χ1v) is 17.7. The monoisotopic (exact) mass is 695 g/mol. The van der Waals surface area contributed by atoms with Crippen molar-refractivity contribution in [3.05, 3.63) is 72.3 Å². The average Bonchev–Trinajstić information content (AvgIpc) is 3.01. The molecule has 1 amide bonds. The number of hydrogen-bond acceptors (Lipinski definition) is 7. The zero-order chi connectivity index (χ0) is 35.7. The van der Waals surface area contributed by atoms with E-state index in [0.717, 1.165) is 6.26 Å². The lowest BCUT2D eigenvalue weighted by Crippen LogP contribution is -2.53. The molecule has 0 radical (unpaired) electrons. The number of hydrogen-bond donors (Lipinski definition) is 3. The molecular weight excluding hydrogens is 650 g/mol. The predicted octanol–water partition coefficient (Wildman–Crippen LogP) is 7.26. The zero-order valence-corrected chi connectivity index (χ0v) is 28.9. The Labute approximate surface area is 280 Å². The lowest BCUT2D eigenvalue weighted by atomic mass is 9.96. The van der Waals surface area contributed by atoms with Gasteiger partial charge in [-0.05, 0) is 75.1 Å². The zero-order valence-electron chi connectivity index (χ0n) is 28.1. The highest BCUT2D eigenvalue weighted by atomic mass is 32.2. The Balaban J connectivity index is 1.79. The molecule has 48 heavy (non-hydrogen) atoms. The van der Waals surface area contributed by atoms with Gasteiger partial charge in [0.05, 0.1) is 24.2 Å². The Kier molecular flexibility index (Phi) is 13.3. The predicted molar refractivity (Wildman–Crippen MR) is 180 cm³/mol. The molecule has 0 saturated heterocycles. The second-order valence-corrected chi connectivity index (χ2v) is 14.1. The third-order valence-electron chi connectivity index (χ3n) is 7.50. The molecule has 0 aliphatic heterocycles. The Bertz CT molecular complexity index is 1590. The van der Waals surface area contributed by atoms with E-state index in [9.17, 15) is 30.8 Å². The van der Waals surface area contributed by atoms with Crippen molar-refractivity contribution in [1.82, 2.24) is 10.6 Å². The van der Waals surface area contributed by atoms with Gasteiger partial charge in [0, 0.05) is 37.0 Å². The van der Waals surface area contributed by atoms with Crippen LogP contribution in [0.2, 0.25) is 0 Å². The molecule has 0 fully saturated rings. The molecule has 3 N–H and O–H groups in total. The van der Waals surface area contributed by atoms with Crippen LogP contribution in [-0.4, -0.2) is 64.3 Å². The van der Waals surface area contributed by atoms with E-state index >= 15 is 0 Å². The van der Waals surface area contributed by atoms with Crippen LogP contribution in [0.3, 0.4) is 0 Å². The van der Waals surface area contributed by atoms with Crippen LogP contribution < -0.4 is 25.4 Å². The van der Waals surface area contributed by atoms with Gasteiger partial charge in [0.25, 0.3) is 0 Å². The summed E-state index contributed by atoms with van der Waals surface area (Å²) in [7, 11) is -3.41. The summed E-state index contributed by atoms with van der Waals surface area (Å²) in [6.45, 7) is 9.11. The summed E-state index contributed by atoms with van der Waals surface area (Å²) in [6.07, 6.45) is -3.78. The van der Waals surface area contributed by atoms with Crippen molar-refractivity contribution in [2.45, 2.75) is 82.3 Å². The molecule has 0 aliphatic carbocycles. The minimum absolute atomic E-state index is 0.122. The number of carbonyl (C=O) groups is 1. The van der Waals surface area contributed by atoms with Gasteiger partial charge in [-0.3, -0.25) is 10.1 Å². The number of nitrogens with one attached hydrogen (secondary N) is 3. The van der Waals surface area contributed by atoms with Gasteiger partial charge < -0.3 is 20.1 Å². The van der Waals surface area contributed by atoms with Gasteiger partial charge in [-0.25, -0.2) is 12.8 Å². The van der Waals surface area contributed by atoms with Gasteiger partial charge in [-0.1, -0.05) is 43.3 Å². The number of ether oxygens (including phenoxy) is 2.